The summed E-state index contributed by atoms with van der Waals surface area (Å²) in [6.07, 6.45) is 1.60. The Bertz CT molecular complexity index is 317. The molecule has 1 aromatic carbocycles. The molecular formula is C10H12BrNOS. The van der Waals surface area contributed by atoms with Gasteiger partial charge in [-0.3, -0.25) is 0 Å². The summed E-state index contributed by atoms with van der Waals surface area (Å²) in [5, 5.41) is 0. The number of ether oxygens (including phenoxy) is 1. The number of hydrogen-bond acceptors (Lipinski definition) is 2. The third-order valence-corrected chi connectivity index (χ3v) is 2.33. The molecule has 76 valence electrons. The molecule has 0 atom stereocenters. The lowest BCUT2D eigenvalue weighted by Crippen LogP contribution is -2.09. The summed E-state index contributed by atoms with van der Waals surface area (Å²) < 4.78 is 6.51. The van der Waals surface area contributed by atoms with Crippen molar-refractivity contribution in [3.8, 4) is 5.75 Å². The van der Waals surface area contributed by atoms with Crippen LogP contribution in [0.15, 0.2) is 28.7 Å². The second kappa shape index (κ2) is 5.98. The first-order chi connectivity index (χ1) is 6.68. The molecule has 0 heterocycles. The van der Waals surface area contributed by atoms with Gasteiger partial charge in [0, 0.05) is 10.9 Å². The van der Waals surface area contributed by atoms with Gasteiger partial charge >= 0.3 is 0 Å². The molecule has 0 aliphatic carbocycles. The fraction of sp³-hybridized carbons (Fsp3) is 0.300. The predicted octanol–water partition coefficient (Wildman–Crippen LogP) is 2.89. The maximum Gasteiger partial charge on any atom is 0.120 e. The van der Waals surface area contributed by atoms with Crippen LogP contribution < -0.4 is 10.5 Å². The average molecular weight is 274 g/mol. The number of rotatable bonds is 5. The molecule has 1 aromatic rings. The van der Waals surface area contributed by atoms with E-state index < -0.39 is 0 Å². The highest BCUT2D eigenvalue weighted by atomic mass is 79.9. The topological polar surface area (TPSA) is 35.2 Å². The van der Waals surface area contributed by atoms with Crippen molar-refractivity contribution in [1.82, 2.24) is 0 Å². The number of benzene rings is 1. The fourth-order valence-electron chi connectivity index (χ4n) is 0.993. The SMILES string of the molecule is NC(=S)CCCOc1cccc(Br)c1. The minimum absolute atomic E-state index is 0.544. The Morgan fingerprint density at radius 2 is 2.29 bits per heavy atom. The van der Waals surface area contributed by atoms with Crippen LogP contribution in [0.1, 0.15) is 12.8 Å². The lowest BCUT2D eigenvalue weighted by atomic mass is 10.3. The molecule has 0 aliphatic rings. The van der Waals surface area contributed by atoms with E-state index in [1.54, 1.807) is 0 Å². The monoisotopic (exact) mass is 273 g/mol. The van der Waals surface area contributed by atoms with Crippen molar-refractivity contribution in [2.75, 3.05) is 6.61 Å². The molecule has 2 nitrogen and oxygen atoms in total. The second-order valence-corrected chi connectivity index (χ2v) is 4.32. The van der Waals surface area contributed by atoms with E-state index in [1.807, 2.05) is 24.3 Å². The first-order valence-electron chi connectivity index (χ1n) is 4.35. The molecule has 0 unspecified atom stereocenters. The van der Waals surface area contributed by atoms with Gasteiger partial charge < -0.3 is 10.5 Å². The van der Waals surface area contributed by atoms with Crippen LogP contribution >= 0.6 is 28.1 Å². The van der Waals surface area contributed by atoms with Gasteiger partial charge in [0.1, 0.15) is 5.75 Å². The minimum atomic E-state index is 0.544. The van der Waals surface area contributed by atoms with Crippen molar-refractivity contribution >= 4 is 33.1 Å². The summed E-state index contributed by atoms with van der Waals surface area (Å²) in [5.41, 5.74) is 5.36. The Morgan fingerprint density at radius 1 is 1.50 bits per heavy atom. The predicted molar refractivity (Wildman–Crippen MR) is 65.7 cm³/mol. The summed E-state index contributed by atoms with van der Waals surface area (Å²) in [7, 11) is 0. The summed E-state index contributed by atoms with van der Waals surface area (Å²) in [4.78, 5) is 0.544. The fourth-order valence-corrected chi connectivity index (χ4v) is 1.52. The zero-order chi connectivity index (χ0) is 10.4. The number of hydrogen-bond donors (Lipinski definition) is 1. The molecule has 0 aliphatic heterocycles. The molecule has 0 bridgehead atoms. The number of thiocarbonyl (C=S) groups is 1. The summed E-state index contributed by atoms with van der Waals surface area (Å²) in [6.45, 7) is 0.647. The van der Waals surface area contributed by atoms with Crippen molar-refractivity contribution in [2.24, 2.45) is 5.73 Å². The average Bonchev–Trinajstić information content (AvgIpc) is 2.12. The van der Waals surface area contributed by atoms with E-state index in [2.05, 4.69) is 15.9 Å². The van der Waals surface area contributed by atoms with E-state index in [0.717, 1.165) is 23.1 Å². The van der Waals surface area contributed by atoms with E-state index in [9.17, 15) is 0 Å². The largest absolute Gasteiger partial charge is 0.494 e. The Morgan fingerprint density at radius 3 is 2.93 bits per heavy atom. The van der Waals surface area contributed by atoms with Gasteiger partial charge in [0.2, 0.25) is 0 Å². The van der Waals surface area contributed by atoms with Crippen molar-refractivity contribution in [2.45, 2.75) is 12.8 Å². The van der Waals surface area contributed by atoms with Gasteiger partial charge in [0.15, 0.2) is 0 Å². The zero-order valence-corrected chi connectivity index (χ0v) is 10.1. The van der Waals surface area contributed by atoms with Crippen LogP contribution in [0.25, 0.3) is 0 Å². The Hall–Kier alpha value is -0.610. The molecule has 4 heteroatoms. The van der Waals surface area contributed by atoms with E-state index >= 15 is 0 Å². The van der Waals surface area contributed by atoms with Crippen LogP contribution in [-0.2, 0) is 0 Å². The van der Waals surface area contributed by atoms with Gasteiger partial charge in [-0.2, -0.15) is 0 Å². The zero-order valence-electron chi connectivity index (χ0n) is 7.70. The summed E-state index contributed by atoms with van der Waals surface area (Å²) in [5.74, 6) is 0.863. The molecular weight excluding hydrogens is 262 g/mol. The quantitative estimate of drug-likeness (QED) is 0.662. The first kappa shape index (κ1) is 11.5. The van der Waals surface area contributed by atoms with Gasteiger partial charge in [0.25, 0.3) is 0 Å². The molecule has 0 aromatic heterocycles. The Kier molecular flexibility index (Phi) is 4.90. The normalized spacial score (nSPS) is 9.79. The smallest absolute Gasteiger partial charge is 0.120 e. The van der Waals surface area contributed by atoms with E-state index in [1.165, 1.54) is 0 Å². The van der Waals surface area contributed by atoms with Gasteiger partial charge in [-0.1, -0.05) is 34.2 Å². The molecule has 0 amide bonds. The van der Waals surface area contributed by atoms with Crippen molar-refractivity contribution in [1.29, 1.82) is 0 Å². The Balaban J connectivity index is 2.28. The van der Waals surface area contributed by atoms with Crippen LogP contribution in [-0.4, -0.2) is 11.6 Å². The van der Waals surface area contributed by atoms with Gasteiger partial charge in [-0.05, 0) is 24.6 Å². The highest BCUT2D eigenvalue weighted by Gasteiger charge is 1.95. The van der Waals surface area contributed by atoms with Gasteiger partial charge in [-0.15, -0.1) is 0 Å². The second-order valence-electron chi connectivity index (χ2n) is 2.88. The lowest BCUT2D eigenvalue weighted by Gasteiger charge is -2.05. The van der Waals surface area contributed by atoms with Crippen LogP contribution in [0.4, 0.5) is 0 Å². The number of nitrogens with two attached hydrogens (primary N) is 1. The van der Waals surface area contributed by atoms with Crippen molar-refractivity contribution < 1.29 is 4.74 Å². The molecule has 1 rings (SSSR count). The molecule has 0 spiro atoms. The molecule has 0 radical (unpaired) electrons. The van der Waals surface area contributed by atoms with Crippen LogP contribution in [0.3, 0.4) is 0 Å². The van der Waals surface area contributed by atoms with Crippen molar-refractivity contribution in [3.05, 3.63) is 28.7 Å². The third-order valence-electron chi connectivity index (χ3n) is 1.63. The summed E-state index contributed by atoms with van der Waals surface area (Å²) in [6, 6.07) is 7.75. The van der Waals surface area contributed by atoms with Gasteiger partial charge in [0.05, 0.1) is 11.6 Å². The molecule has 0 fully saturated rings. The molecule has 14 heavy (non-hydrogen) atoms. The van der Waals surface area contributed by atoms with Crippen molar-refractivity contribution in [3.63, 3.8) is 0 Å². The van der Waals surface area contributed by atoms with E-state index in [4.69, 9.17) is 22.7 Å². The summed E-state index contributed by atoms with van der Waals surface area (Å²) >= 11 is 8.13. The Labute approximate surface area is 97.6 Å². The van der Waals surface area contributed by atoms with Crippen LogP contribution in [0, 0.1) is 0 Å². The standard InChI is InChI=1S/C10H12BrNOS/c11-8-3-1-4-9(7-8)13-6-2-5-10(12)14/h1,3-4,7H,2,5-6H2,(H2,12,14). The van der Waals surface area contributed by atoms with E-state index in [-0.39, 0.29) is 0 Å². The third kappa shape index (κ3) is 4.58. The lowest BCUT2D eigenvalue weighted by molar-refractivity contribution is 0.313. The van der Waals surface area contributed by atoms with Crippen LogP contribution in [0.5, 0.6) is 5.75 Å². The maximum atomic E-state index is 5.49. The van der Waals surface area contributed by atoms with Crippen LogP contribution in [0.2, 0.25) is 0 Å². The number of halogens is 1. The first-order valence-corrected chi connectivity index (χ1v) is 5.55. The molecule has 0 saturated heterocycles. The minimum Gasteiger partial charge on any atom is -0.494 e. The maximum absolute atomic E-state index is 5.49. The van der Waals surface area contributed by atoms with E-state index in [0.29, 0.717) is 11.6 Å². The highest BCUT2D eigenvalue weighted by molar-refractivity contribution is 9.10. The molecule has 0 saturated carbocycles. The highest BCUT2D eigenvalue weighted by Crippen LogP contribution is 2.17. The molecule has 2 N–H and O–H groups in total. The van der Waals surface area contributed by atoms with Gasteiger partial charge in [-0.25, -0.2) is 0 Å².